The van der Waals surface area contributed by atoms with E-state index in [4.69, 9.17) is 10.00 Å². The van der Waals surface area contributed by atoms with Crippen molar-refractivity contribution in [1.82, 2.24) is 10.2 Å². The lowest BCUT2D eigenvalue weighted by molar-refractivity contribution is 0.415. The van der Waals surface area contributed by atoms with Gasteiger partial charge in [0.1, 0.15) is 11.4 Å². The second kappa shape index (κ2) is 4.46. The first-order valence-electron chi connectivity index (χ1n) is 5.84. The van der Waals surface area contributed by atoms with E-state index in [0.717, 1.165) is 27.9 Å². The summed E-state index contributed by atoms with van der Waals surface area (Å²) in [5.41, 5.74) is 3.32. The van der Waals surface area contributed by atoms with Crippen LogP contribution in [0.15, 0.2) is 42.5 Å². The minimum atomic E-state index is 0.623. The zero-order chi connectivity index (χ0) is 13.2. The molecule has 0 aliphatic rings. The number of rotatable bonds is 2. The van der Waals surface area contributed by atoms with Gasteiger partial charge in [0.2, 0.25) is 0 Å². The highest BCUT2D eigenvalue weighted by Gasteiger charge is 2.09. The second-order valence-corrected chi connectivity index (χ2v) is 4.18. The molecule has 0 atom stereocenters. The highest BCUT2D eigenvalue weighted by atomic mass is 16.5. The van der Waals surface area contributed by atoms with Gasteiger partial charge in [0.15, 0.2) is 0 Å². The third-order valence-electron chi connectivity index (χ3n) is 3.04. The number of fused-ring (bicyclic) bond motifs is 1. The number of ether oxygens (including phenoxy) is 1. The van der Waals surface area contributed by atoms with Gasteiger partial charge in [0.05, 0.1) is 24.3 Å². The zero-order valence-electron chi connectivity index (χ0n) is 10.3. The van der Waals surface area contributed by atoms with Crippen LogP contribution in [0.25, 0.3) is 22.2 Å². The molecule has 4 heteroatoms. The number of nitrogens with zero attached hydrogens (tertiary/aromatic N) is 2. The first-order valence-corrected chi connectivity index (χ1v) is 5.84. The third-order valence-corrected chi connectivity index (χ3v) is 3.04. The van der Waals surface area contributed by atoms with Gasteiger partial charge in [-0.1, -0.05) is 12.1 Å². The lowest BCUT2D eigenvalue weighted by Gasteiger charge is -2.02. The van der Waals surface area contributed by atoms with Crippen molar-refractivity contribution in [3.05, 3.63) is 48.0 Å². The molecule has 0 saturated carbocycles. The molecule has 1 heterocycles. The van der Waals surface area contributed by atoms with Gasteiger partial charge >= 0.3 is 0 Å². The predicted molar refractivity (Wildman–Crippen MR) is 72.8 cm³/mol. The highest BCUT2D eigenvalue weighted by molar-refractivity contribution is 5.93. The molecule has 0 saturated heterocycles. The quantitative estimate of drug-likeness (QED) is 0.759. The third kappa shape index (κ3) is 1.91. The number of methoxy groups -OCH3 is 1. The number of hydrogen-bond donors (Lipinski definition) is 1. The van der Waals surface area contributed by atoms with Crippen LogP contribution in [0, 0.1) is 11.3 Å². The molecule has 4 nitrogen and oxygen atoms in total. The van der Waals surface area contributed by atoms with Crippen LogP contribution in [0.2, 0.25) is 0 Å². The van der Waals surface area contributed by atoms with Gasteiger partial charge in [-0.05, 0) is 30.3 Å². The van der Waals surface area contributed by atoms with Crippen molar-refractivity contribution in [3.8, 4) is 23.1 Å². The first-order chi connectivity index (χ1) is 9.31. The number of nitriles is 1. The molecule has 3 aromatic rings. The lowest BCUT2D eigenvalue weighted by Crippen LogP contribution is -1.84. The molecule has 0 aliphatic carbocycles. The Hall–Kier alpha value is -2.80. The molecule has 0 bridgehead atoms. The van der Waals surface area contributed by atoms with E-state index in [1.54, 1.807) is 13.2 Å². The van der Waals surface area contributed by atoms with E-state index >= 15 is 0 Å². The van der Waals surface area contributed by atoms with Crippen molar-refractivity contribution in [2.75, 3.05) is 7.11 Å². The summed E-state index contributed by atoms with van der Waals surface area (Å²) in [6, 6.07) is 15.3. The number of aromatic amines is 1. The van der Waals surface area contributed by atoms with E-state index in [-0.39, 0.29) is 0 Å². The Labute approximate surface area is 110 Å². The molecule has 19 heavy (non-hydrogen) atoms. The van der Waals surface area contributed by atoms with Gasteiger partial charge in [-0.2, -0.15) is 10.4 Å². The van der Waals surface area contributed by atoms with Crippen molar-refractivity contribution in [2.45, 2.75) is 0 Å². The molecular weight excluding hydrogens is 238 g/mol. The fourth-order valence-electron chi connectivity index (χ4n) is 2.07. The lowest BCUT2D eigenvalue weighted by atomic mass is 10.1. The van der Waals surface area contributed by atoms with E-state index in [0.29, 0.717) is 5.56 Å². The van der Waals surface area contributed by atoms with Crippen molar-refractivity contribution in [2.24, 2.45) is 0 Å². The maximum absolute atomic E-state index is 8.98. The van der Waals surface area contributed by atoms with Gasteiger partial charge in [-0.15, -0.1) is 0 Å². The van der Waals surface area contributed by atoms with E-state index in [1.807, 2.05) is 36.4 Å². The molecule has 2 aromatic carbocycles. The van der Waals surface area contributed by atoms with Gasteiger partial charge in [0, 0.05) is 10.9 Å². The minimum absolute atomic E-state index is 0.623. The fraction of sp³-hybridized carbons (Fsp3) is 0.0667. The van der Waals surface area contributed by atoms with Gasteiger partial charge < -0.3 is 4.74 Å². The van der Waals surface area contributed by atoms with Gasteiger partial charge in [0.25, 0.3) is 0 Å². The van der Waals surface area contributed by atoms with Gasteiger partial charge in [-0.25, -0.2) is 0 Å². The molecule has 0 amide bonds. The Morgan fingerprint density at radius 3 is 2.89 bits per heavy atom. The average molecular weight is 249 g/mol. The van der Waals surface area contributed by atoms with Crippen LogP contribution >= 0.6 is 0 Å². The smallest absolute Gasteiger partial charge is 0.119 e. The summed E-state index contributed by atoms with van der Waals surface area (Å²) >= 11 is 0. The monoisotopic (exact) mass is 249 g/mol. The number of H-pyrrole nitrogens is 1. The number of nitrogens with one attached hydrogen (secondary N) is 1. The van der Waals surface area contributed by atoms with Crippen LogP contribution in [0.3, 0.4) is 0 Å². The van der Waals surface area contributed by atoms with Crippen LogP contribution in [0.5, 0.6) is 5.75 Å². The van der Waals surface area contributed by atoms with Crippen LogP contribution in [0.1, 0.15) is 5.56 Å². The Kier molecular flexibility index (Phi) is 2.66. The van der Waals surface area contributed by atoms with Crippen LogP contribution < -0.4 is 4.74 Å². The van der Waals surface area contributed by atoms with Crippen LogP contribution in [0.4, 0.5) is 0 Å². The molecular formula is C15H11N3O. The summed E-state index contributed by atoms with van der Waals surface area (Å²) in [6.45, 7) is 0. The Morgan fingerprint density at radius 2 is 2.11 bits per heavy atom. The van der Waals surface area contributed by atoms with E-state index in [2.05, 4.69) is 16.3 Å². The normalized spacial score (nSPS) is 10.3. The highest BCUT2D eigenvalue weighted by Crippen LogP contribution is 2.29. The summed E-state index contributed by atoms with van der Waals surface area (Å²) in [5, 5.41) is 17.2. The molecule has 3 rings (SSSR count). The first kappa shape index (κ1) is 11.3. The Morgan fingerprint density at radius 1 is 1.21 bits per heavy atom. The van der Waals surface area contributed by atoms with Crippen molar-refractivity contribution in [3.63, 3.8) is 0 Å². The molecule has 0 unspecified atom stereocenters. The Balaban J connectivity index is 2.21. The molecule has 0 aliphatic heterocycles. The molecule has 1 N–H and O–H groups in total. The summed E-state index contributed by atoms with van der Waals surface area (Å²) in [6.07, 6.45) is 0. The topological polar surface area (TPSA) is 61.7 Å². The molecule has 1 aromatic heterocycles. The van der Waals surface area contributed by atoms with Crippen molar-refractivity contribution >= 4 is 10.9 Å². The molecule has 0 fully saturated rings. The number of benzene rings is 2. The van der Waals surface area contributed by atoms with E-state index < -0.39 is 0 Å². The molecule has 92 valence electrons. The largest absolute Gasteiger partial charge is 0.497 e. The molecule has 0 spiro atoms. The summed E-state index contributed by atoms with van der Waals surface area (Å²) in [4.78, 5) is 0. The summed E-state index contributed by atoms with van der Waals surface area (Å²) in [7, 11) is 1.63. The maximum Gasteiger partial charge on any atom is 0.119 e. The van der Waals surface area contributed by atoms with Crippen LogP contribution in [-0.2, 0) is 0 Å². The Bertz CT molecular complexity index is 783. The zero-order valence-corrected chi connectivity index (χ0v) is 10.3. The predicted octanol–water partition coefficient (Wildman–Crippen LogP) is 3.11. The minimum Gasteiger partial charge on any atom is -0.497 e. The standard InChI is InChI=1S/C15H11N3O/c1-19-12-4-2-3-11(8-12)15-13-7-10(9-16)5-6-14(13)17-18-15/h2-8H,1H3,(H,17,18). The van der Waals surface area contributed by atoms with E-state index in [9.17, 15) is 0 Å². The van der Waals surface area contributed by atoms with Crippen LogP contribution in [-0.4, -0.2) is 17.3 Å². The molecule has 0 radical (unpaired) electrons. The van der Waals surface area contributed by atoms with Crippen molar-refractivity contribution in [1.29, 1.82) is 5.26 Å². The number of hydrogen-bond acceptors (Lipinski definition) is 3. The summed E-state index contributed by atoms with van der Waals surface area (Å²) in [5.74, 6) is 0.782. The average Bonchev–Trinajstić information content (AvgIpc) is 2.90. The van der Waals surface area contributed by atoms with Crippen molar-refractivity contribution < 1.29 is 4.74 Å². The second-order valence-electron chi connectivity index (χ2n) is 4.18. The fourth-order valence-corrected chi connectivity index (χ4v) is 2.07. The number of aromatic nitrogens is 2. The van der Waals surface area contributed by atoms with Gasteiger partial charge in [-0.3, -0.25) is 5.10 Å². The SMILES string of the molecule is COc1cccc(-c2n[nH]c3ccc(C#N)cc23)c1. The van der Waals surface area contributed by atoms with E-state index in [1.165, 1.54) is 0 Å². The summed E-state index contributed by atoms with van der Waals surface area (Å²) < 4.78 is 5.22. The maximum atomic E-state index is 8.98.